The lowest BCUT2D eigenvalue weighted by Crippen LogP contribution is -2.26. The van der Waals surface area contributed by atoms with Gasteiger partial charge < -0.3 is 5.11 Å². The summed E-state index contributed by atoms with van der Waals surface area (Å²) in [6, 6.07) is 5.83. The van der Waals surface area contributed by atoms with E-state index < -0.39 is 6.10 Å². The Morgan fingerprint density at radius 2 is 2.12 bits per heavy atom. The summed E-state index contributed by atoms with van der Waals surface area (Å²) in [6.45, 7) is 3.99. The van der Waals surface area contributed by atoms with Gasteiger partial charge >= 0.3 is 5.69 Å². The van der Waals surface area contributed by atoms with Crippen LogP contribution >= 0.6 is 0 Å². The first kappa shape index (κ1) is 11.0. The summed E-state index contributed by atoms with van der Waals surface area (Å²) in [4.78, 5) is 12.0. The molecule has 0 amide bonds. The highest BCUT2D eigenvalue weighted by molar-refractivity contribution is 5.79. The Morgan fingerprint density at radius 3 is 2.75 bits per heavy atom. The van der Waals surface area contributed by atoms with Crippen LogP contribution in [0.15, 0.2) is 23.0 Å². The number of hydrogen-bond donors (Lipinski definition) is 1. The van der Waals surface area contributed by atoms with Gasteiger partial charge in [0.25, 0.3) is 0 Å². The number of nitrogens with zero attached hydrogens (tertiary/aromatic N) is 2. The molecule has 4 heteroatoms. The molecule has 1 atom stereocenters. The Hall–Kier alpha value is -1.55. The van der Waals surface area contributed by atoms with E-state index in [4.69, 9.17) is 0 Å². The van der Waals surface area contributed by atoms with E-state index in [1.54, 1.807) is 23.1 Å². The van der Waals surface area contributed by atoms with Gasteiger partial charge in [-0.15, -0.1) is 0 Å². The van der Waals surface area contributed by atoms with Gasteiger partial charge in [-0.05, 0) is 25.5 Å². The number of para-hydroxylation sites is 1. The van der Waals surface area contributed by atoms with Crippen LogP contribution in [0, 0.1) is 6.92 Å². The number of aryl methyl sites for hydroxylation is 2. The first-order valence-corrected chi connectivity index (χ1v) is 5.35. The fraction of sp³-hybridized carbons (Fsp3) is 0.417. The normalized spacial score (nSPS) is 13.2. The first-order chi connectivity index (χ1) is 7.52. The van der Waals surface area contributed by atoms with E-state index in [0.717, 1.165) is 16.6 Å². The van der Waals surface area contributed by atoms with Crippen molar-refractivity contribution in [2.75, 3.05) is 0 Å². The summed E-state index contributed by atoms with van der Waals surface area (Å²) in [7, 11) is 1.75. The topological polar surface area (TPSA) is 47.2 Å². The van der Waals surface area contributed by atoms with Crippen LogP contribution < -0.4 is 5.69 Å². The second-order valence-corrected chi connectivity index (χ2v) is 4.24. The molecule has 1 N–H and O–H groups in total. The molecule has 0 spiro atoms. The molecule has 0 fully saturated rings. The van der Waals surface area contributed by atoms with E-state index in [9.17, 15) is 9.90 Å². The van der Waals surface area contributed by atoms with Crippen LogP contribution in [0.2, 0.25) is 0 Å². The molecule has 4 nitrogen and oxygen atoms in total. The number of aliphatic hydroxyl groups excluding tert-OH is 1. The Morgan fingerprint density at radius 1 is 1.44 bits per heavy atom. The molecule has 2 aromatic rings. The van der Waals surface area contributed by atoms with Gasteiger partial charge in [0.2, 0.25) is 0 Å². The molecular formula is C12H16N2O2. The highest BCUT2D eigenvalue weighted by Gasteiger charge is 2.13. The zero-order chi connectivity index (χ0) is 11.9. The third kappa shape index (κ3) is 1.55. The largest absolute Gasteiger partial charge is 0.392 e. The van der Waals surface area contributed by atoms with Crippen LogP contribution in [-0.2, 0) is 13.6 Å². The minimum absolute atomic E-state index is 0.0785. The molecule has 0 saturated carbocycles. The van der Waals surface area contributed by atoms with Crippen molar-refractivity contribution in [3.63, 3.8) is 0 Å². The molecule has 1 aromatic heterocycles. The molecule has 1 heterocycles. The molecule has 0 saturated heterocycles. The summed E-state index contributed by atoms with van der Waals surface area (Å²) >= 11 is 0. The van der Waals surface area contributed by atoms with Gasteiger partial charge in [-0.1, -0.05) is 12.1 Å². The van der Waals surface area contributed by atoms with Gasteiger partial charge in [0.1, 0.15) is 0 Å². The Kier molecular flexibility index (Phi) is 2.59. The summed E-state index contributed by atoms with van der Waals surface area (Å²) in [5.41, 5.74) is 2.79. The zero-order valence-electron chi connectivity index (χ0n) is 9.77. The number of benzene rings is 1. The Balaban J connectivity index is 2.81. The molecule has 1 unspecified atom stereocenters. The molecule has 0 radical (unpaired) electrons. The molecule has 0 bridgehead atoms. The number of imidazole rings is 1. The van der Waals surface area contributed by atoms with Gasteiger partial charge in [0.05, 0.1) is 23.7 Å². The summed E-state index contributed by atoms with van der Waals surface area (Å²) in [6.07, 6.45) is -0.525. The van der Waals surface area contributed by atoms with Crippen LogP contribution in [0.3, 0.4) is 0 Å². The zero-order valence-corrected chi connectivity index (χ0v) is 9.77. The molecule has 0 aliphatic rings. The highest BCUT2D eigenvalue weighted by atomic mass is 16.3. The van der Waals surface area contributed by atoms with Gasteiger partial charge in [-0.25, -0.2) is 4.79 Å². The highest BCUT2D eigenvalue weighted by Crippen LogP contribution is 2.16. The third-order valence-corrected chi connectivity index (χ3v) is 2.81. The molecule has 0 aliphatic carbocycles. The maximum Gasteiger partial charge on any atom is 0.328 e. The molecule has 86 valence electrons. The van der Waals surface area contributed by atoms with Gasteiger partial charge in [-0.2, -0.15) is 0 Å². The van der Waals surface area contributed by atoms with Crippen LogP contribution in [0.25, 0.3) is 11.0 Å². The second-order valence-electron chi connectivity index (χ2n) is 4.24. The number of fused-ring (bicyclic) bond motifs is 1. The monoisotopic (exact) mass is 220 g/mol. The maximum absolute atomic E-state index is 12.0. The summed E-state index contributed by atoms with van der Waals surface area (Å²) in [5, 5.41) is 9.42. The summed E-state index contributed by atoms with van der Waals surface area (Å²) < 4.78 is 3.25. The van der Waals surface area contributed by atoms with Crippen molar-refractivity contribution < 1.29 is 5.11 Å². The lowest BCUT2D eigenvalue weighted by molar-refractivity contribution is 0.173. The van der Waals surface area contributed by atoms with Crippen LogP contribution in [0.4, 0.5) is 0 Å². The van der Waals surface area contributed by atoms with Crippen LogP contribution in [-0.4, -0.2) is 20.3 Å². The predicted octanol–water partition coefficient (Wildman–Crippen LogP) is 1.03. The van der Waals surface area contributed by atoms with Gasteiger partial charge in [-0.3, -0.25) is 9.13 Å². The predicted molar refractivity (Wildman–Crippen MR) is 63.6 cm³/mol. The van der Waals surface area contributed by atoms with E-state index in [-0.39, 0.29) is 5.69 Å². The smallest absolute Gasteiger partial charge is 0.328 e. The van der Waals surface area contributed by atoms with Crippen molar-refractivity contribution in [3.8, 4) is 0 Å². The molecule has 2 rings (SSSR count). The van der Waals surface area contributed by atoms with E-state index in [0.29, 0.717) is 6.54 Å². The quantitative estimate of drug-likeness (QED) is 0.821. The van der Waals surface area contributed by atoms with Crippen molar-refractivity contribution in [2.45, 2.75) is 26.5 Å². The maximum atomic E-state index is 12.0. The molecule has 0 aliphatic heterocycles. The Labute approximate surface area is 93.7 Å². The van der Waals surface area contributed by atoms with Crippen molar-refractivity contribution >= 4 is 11.0 Å². The Bertz CT molecular complexity index is 578. The minimum atomic E-state index is -0.525. The van der Waals surface area contributed by atoms with Crippen molar-refractivity contribution in [1.29, 1.82) is 0 Å². The van der Waals surface area contributed by atoms with E-state index in [1.807, 2.05) is 25.1 Å². The summed E-state index contributed by atoms with van der Waals surface area (Å²) in [5.74, 6) is 0. The number of rotatable bonds is 2. The van der Waals surface area contributed by atoms with Gasteiger partial charge in [0.15, 0.2) is 0 Å². The lowest BCUT2D eigenvalue weighted by atomic mass is 10.2. The lowest BCUT2D eigenvalue weighted by Gasteiger charge is -2.06. The van der Waals surface area contributed by atoms with Crippen molar-refractivity contribution in [1.82, 2.24) is 9.13 Å². The van der Waals surface area contributed by atoms with Gasteiger partial charge in [0, 0.05) is 7.05 Å². The number of aromatic nitrogens is 2. The number of aliphatic hydroxyl groups is 1. The standard InChI is InChI=1S/C12H16N2O2/c1-8-5-4-6-10-11(8)14(7-9(2)15)12(16)13(10)3/h4-6,9,15H,7H2,1-3H3. The fourth-order valence-electron chi connectivity index (χ4n) is 2.08. The van der Waals surface area contributed by atoms with Crippen LogP contribution in [0.5, 0.6) is 0 Å². The van der Waals surface area contributed by atoms with Crippen LogP contribution in [0.1, 0.15) is 12.5 Å². The second kappa shape index (κ2) is 3.79. The van der Waals surface area contributed by atoms with E-state index in [2.05, 4.69) is 0 Å². The third-order valence-electron chi connectivity index (χ3n) is 2.81. The van der Waals surface area contributed by atoms with E-state index in [1.165, 1.54) is 0 Å². The van der Waals surface area contributed by atoms with E-state index >= 15 is 0 Å². The van der Waals surface area contributed by atoms with Crippen molar-refractivity contribution in [2.24, 2.45) is 7.05 Å². The molecular weight excluding hydrogens is 204 g/mol. The SMILES string of the molecule is Cc1cccc2c1n(CC(C)O)c(=O)n2C. The van der Waals surface area contributed by atoms with Crippen molar-refractivity contribution in [3.05, 3.63) is 34.2 Å². The number of hydrogen-bond acceptors (Lipinski definition) is 2. The first-order valence-electron chi connectivity index (χ1n) is 5.35. The molecule has 16 heavy (non-hydrogen) atoms. The average Bonchev–Trinajstić information content (AvgIpc) is 2.45. The average molecular weight is 220 g/mol. The molecule has 1 aromatic carbocycles. The fourth-order valence-corrected chi connectivity index (χ4v) is 2.08. The minimum Gasteiger partial charge on any atom is -0.392 e.